The van der Waals surface area contributed by atoms with Gasteiger partial charge in [0.25, 0.3) is 5.56 Å². The van der Waals surface area contributed by atoms with Crippen LogP contribution in [0.4, 0.5) is 13.2 Å². The van der Waals surface area contributed by atoms with Gasteiger partial charge in [0.2, 0.25) is 10.0 Å². The van der Waals surface area contributed by atoms with Gasteiger partial charge in [0.1, 0.15) is 6.04 Å². The summed E-state index contributed by atoms with van der Waals surface area (Å²) in [6.45, 7) is 0. The number of benzene rings is 2. The van der Waals surface area contributed by atoms with Crippen molar-refractivity contribution in [3.63, 3.8) is 0 Å². The smallest absolute Gasteiger partial charge is 0.309 e. The van der Waals surface area contributed by atoms with E-state index >= 15 is 0 Å². The summed E-state index contributed by atoms with van der Waals surface area (Å²) in [5.74, 6) is 0. The highest BCUT2D eigenvalue weighted by Crippen LogP contribution is 2.34. The zero-order chi connectivity index (χ0) is 20.7. The molecule has 0 aliphatic rings. The molecule has 6 nitrogen and oxygen atoms in total. The number of aromatic nitrogens is 2. The summed E-state index contributed by atoms with van der Waals surface area (Å²) in [4.78, 5) is 15.0. The molecule has 1 N–H and O–H groups in total. The number of nitrogens with zero attached hydrogens (tertiary/aromatic N) is 2. The summed E-state index contributed by atoms with van der Waals surface area (Å²) < 4.78 is 68.6. The van der Waals surface area contributed by atoms with Gasteiger partial charge < -0.3 is 4.57 Å². The van der Waals surface area contributed by atoms with Crippen LogP contribution in [0.15, 0.2) is 58.4 Å². The maximum atomic E-state index is 13.5. The van der Waals surface area contributed by atoms with E-state index in [1.807, 2.05) is 0 Å². The Balaban J connectivity index is 2.03. The molecule has 0 amide bonds. The number of hydrogen-bond donors (Lipinski definition) is 1. The number of nitrogens with one attached hydrogen (secondary N) is 1. The quantitative estimate of drug-likeness (QED) is 0.688. The lowest BCUT2D eigenvalue weighted by Gasteiger charge is -2.22. The Bertz CT molecular complexity index is 1190. The van der Waals surface area contributed by atoms with E-state index in [1.165, 1.54) is 29.8 Å². The molecule has 1 aromatic heterocycles. The molecule has 1 heterocycles. The topological polar surface area (TPSA) is 81.1 Å². The SMILES string of the molecule is Cn1c(=O)cnc2cc(S(=O)(=O)NC(c3ccc(Cl)cc3)C(F)(F)F)ccc21. The summed E-state index contributed by atoms with van der Waals surface area (Å²) in [6.07, 6.45) is -3.88. The highest BCUT2D eigenvalue weighted by Gasteiger charge is 2.43. The molecule has 0 radical (unpaired) electrons. The van der Waals surface area contributed by atoms with Crippen molar-refractivity contribution in [2.75, 3.05) is 0 Å². The molecule has 28 heavy (non-hydrogen) atoms. The first-order valence-corrected chi connectivity index (χ1v) is 9.65. The molecule has 0 saturated heterocycles. The highest BCUT2D eigenvalue weighted by atomic mass is 35.5. The van der Waals surface area contributed by atoms with Gasteiger partial charge in [-0.1, -0.05) is 23.7 Å². The summed E-state index contributed by atoms with van der Waals surface area (Å²) >= 11 is 5.69. The fourth-order valence-electron chi connectivity index (χ4n) is 2.59. The van der Waals surface area contributed by atoms with E-state index in [9.17, 15) is 26.4 Å². The first-order valence-electron chi connectivity index (χ1n) is 7.79. The molecule has 148 valence electrons. The van der Waals surface area contributed by atoms with Gasteiger partial charge in [0, 0.05) is 12.1 Å². The Morgan fingerprint density at radius 3 is 2.39 bits per heavy atom. The minimum absolute atomic E-state index is 0.153. The highest BCUT2D eigenvalue weighted by molar-refractivity contribution is 7.89. The maximum absolute atomic E-state index is 13.5. The van der Waals surface area contributed by atoms with E-state index in [1.54, 1.807) is 4.72 Å². The second kappa shape index (κ2) is 7.19. The van der Waals surface area contributed by atoms with E-state index in [-0.39, 0.29) is 16.1 Å². The summed E-state index contributed by atoms with van der Waals surface area (Å²) in [5, 5.41) is 0.221. The molecule has 3 rings (SSSR count). The second-order valence-electron chi connectivity index (χ2n) is 5.95. The predicted molar refractivity (Wildman–Crippen MR) is 97.6 cm³/mol. The normalized spacial score (nSPS) is 13.6. The molecule has 0 bridgehead atoms. The lowest BCUT2D eigenvalue weighted by Crippen LogP contribution is -2.38. The van der Waals surface area contributed by atoms with Gasteiger partial charge in [-0.25, -0.2) is 13.4 Å². The van der Waals surface area contributed by atoms with E-state index in [0.717, 1.165) is 30.5 Å². The maximum Gasteiger partial charge on any atom is 0.408 e. The molecule has 11 heteroatoms. The zero-order valence-corrected chi connectivity index (χ0v) is 15.8. The Morgan fingerprint density at radius 1 is 1.14 bits per heavy atom. The van der Waals surface area contributed by atoms with Gasteiger partial charge in [-0.2, -0.15) is 17.9 Å². The summed E-state index contributed by atoms with van der Waals surface area (Å²) in [6, 6.07) is 5.74. The predicted octanol–water partition coefficient (Wildman–Crippen LogP) is 3.17. The second-order valence-corrected chi connectivity index (χ2v) is 8.10. The lowest BCUT2D eigenvalue weighted by molar-refractivity contribution is -0.153. The number of rotatable bonds is 4. The van der Waals surface area contributed by atoms with Gasteiger partial charge in [-0.3, -0.25) is 4.79 Å². The molecule has 1 atom stereocenters. The van der Waals surface area contributed by atoms with Crippen LogP contribution in [-0.4, -0.2) is 24.1 Å². The van der Waals surface area contributed by atoms with Crippen LogP contribution in [0.25, 0.3) is 11.0 Å². The third kappa shape index (κ3) is 4.03. The molecule has 0 saturated carbocycles. The van der Waals surface area contributed by atoms with Crippen LogP contribution in [0.2, 0.25) is 5.02 Å². The minimum atomic E-state index is -4.88. The molecular formula is C17H13ClF3N3O3S. The fourth-order valence-corrected chi connectivity index (χ4v) is 3.95. The minimum Gasteiger partial charge on any atom is -0.309 e. The molecule has 3 aromatic rings. The van der Waals surface area contributed by atoms with Crippen molar-refractivity contribution in [3.8, 4) is 0 Å². The van der Waals surface area contributed by atoms with Crippen molar-refractivity contribution in [3.05, 3.63) is 69.6 Å². The van der Waals surface area contributed by atoms with Crippen LogP contribution >= 0.6 is 11.6 Å². The van der Waals surface area contributed by atoms with Crippen molar-refractivity contribution in [2.45, 2.75) is 17.1 Å². The first-order chi connectivity index (χ1) is 13.0. The Labute approximate surface area is 162 Å². The number of halogens is 4. The van der Waals surface area contributed by atoms with E-state index in [2.05, 4.69) is 4.98 Å². The van der Waals surface area contributed by atoms with Crippen LogP contribution < -0.4 is 10.3 Å². The van der Waals surface area contributed by atoms with Crippen LogP contribution in [0.5, 0.6) is 0 Å². The fraction of sp³-hybridized carbons (Fsp3) is 0.176. The third-order valence-corrected chi connectivity index (χ3v) is 5.74. The van der Waals surface area contributed by atoms with Gasteiger partial charge >= 0.3 is 6.18 Å². The van der Waals surface area contributed by atoms with Gasteiger partial charge in [-0.05, 0) is 35.9 Å². The number of sulfonamides is 1. The molecule has 0 aliphatic carbocycles. The summed E-state index contributed by atoms with van der Waals surface area (Å²) in [7, 11) is -3.07. The van der Waals surface area contributed by atoms with E-state index < -0.39 is 32.7 Å². The zero-order valence-electron chi connectivity index (χ0n) is 14.2. The number of aryl methyl sites for hydroxylation is 1. The third-order valence-electron chi connectivity index (χ3n) is 4.07. The molecular weight excluding hydrogens is 419 g/mol. The molecule has 0 aliphatic heterocycles. The van der Waals surface area contributed by atoms with Crippen LogP contribution in [0.3, 0.4) is 0 Å². The summed E-state index contributed by atoms with van der Waals surface area (Å²) in [5.41, 5.74) is -0.209. The van der Waals surface area contributed by atoms with Gasteiger partial charge in [0.15, 0.2) is 0 Å². The number of hydrogen-bond acceptors (Lipinski definition) is 4. The molecule has 0 spiro atoms. The van der Waals surface area contributed by atoms with Crippen molar-refractivity contribution >= 4 is 32.7 Å². The number of alkyl halides is 3. The first kappa shape index (κ1) is 20.3. The Hall–Kier alpha value is -2.43. The Kier molecular flexibility index (Phi) is 5.22. The van der Waals surface area contributed by atoms with Crippen LogP contribution in [0.1, 0.15) is 11.6 Å². The lowest BCUT2D eigenvalue weighted by atomic mass is 10.1. The van der Waals surface area contributed by atoms with Crippen molar-refractivity contribution in [2.24, 2.45) is 7.05 Å². The molecule has 2 aromatic carbocycles. The molecule has 1 unspecified atom stereocenters. The monoisotopic (exact) mass is 431 g/mol. The Morgan fingerprint density at radius 2 is 1.79 bits per heavy atom. The van der Waals surface area contributed by atoms with Crippen molar-refractivity contribution in [1.29, 1.82) is 0 Å². The molecule has 0 fully saturated rings. The largest absolute Gasteiger partial charge is 0.408 e. The van der Waals surface area contributed by atoms with Gasteiger partial charge in [0.05, 0.1) is 22.1 Å². The van der Waals surface area contributed by atoms with Gasteiger partial charge in [-0.15, -0.1) is 0 Å². The average Bonchev–Trinajstić information content (AvgIpc) is 2.62. The average molecular weight is 432 g/mol. The van der Waals surface area contributed by atoms with Crippen LogP contribution in [-0.2, 0) is 17.1 Å². The van der Waals surface area contributed by atoms with E-state index in [4.69, 9.17) is 11.6 Å². The van der Waals surface area contributed by atoms with Crippen molar-refractivity contribution < 1.29 is 21.6 Å². The van der Waals surface area contributed by atoms with Crippen LogP contribution in [0, 0.1) is 0 Å². The van der Waals surface area contributed by atoms with E-state index in [0.29, 0.717) is 5.52 Å². The van der Waals surface area contributed by atoms with Crippen molar-refractivity contribution in [1.82, 2.24) is 14.3 Å². The standard InChI is InChI=1S/C17H13ClF3N3O3S/c1-24-14-7-6-12(8-13(14)22-9-15(24)25)28(26,27)23-16(17(19,20)21)10-2-4-11(18)5-3-10/h2-9,16,23H,1H3. The number of fused-ring (bicyclic) bond motifs is 1.